The van der Waals surface area contributed by atoms with E-state index in [0.29, 0.717) is 6.42 Å². The van der Waals surface area contributed by atoms with Gasteiger partial charge in [-0.3, -0.25) is 4.79 Å². The van der Waals surface area contributed by atoms with Gasteiger partial charge >= 0.3 is 5.97 Å². The lowest BCUT2D eigenvalue weighted by atomic mass is 10.00. The molecule has 0 radical (unpaired) electrons. The van der Waals surface area contributed by atoms with E-state index >= 15 is 0 Å². The molecule has 0 saturated heterocycles. The first-order valence-electron chi connectivity index (χ1n) is 6.90. The van der Waals surface area contributed by atoms with Gasteiger partial charge in [0.05, 0.1) is 21.7 Å². The van der Waals surface area contributed by atoms with Crippen LogP contribution in [0.5, 0.6) is 0 Å². The first kappa shape index (κ1) is 19.5. The summed E-state index contributed by atoms with van der Waals surface area (Å²) >= 11 is 0. The van der Waals surface area contributed by atoms with Crippen molar-refractivity contribution in [3.05, 3.63) is 0 Å². The van der Waals surface area contributed by atoms with Gasteiger partial charge in [0.15, 0.2) is 0 Å². The standard InChI is InChI=1S/C14H29NO4S/c1-10(12(17)19-13(2,3)4)11(8-9-16)15-20(18)14(5,6)7/h10-11,15-16H,8-9H2,1-7H3/t10-,11+,20-/m0/s1. The van der Waals surface area contributed by atoms with Crippen molar-refractivity contribution in [2.24, 2.45) is 5.92 Å². The molecule has 0 aliphatic heterocycles. The maximum absolute atomic E-state index is 12.1. The Balaban J connectivity index is 4.82. The summed E-state index contributed by atoms with van der Waals surface area (Å²) in [5.74, 6) is -0.831. The van der Waals surface area contributed by atoms with Gasteiger partial charge in [-0.25, -0.2) is 8.93 Å². The van der Waals surface area contributed by atoms with Crippen LogP contribution in [0.3, 0.4) is 0 Å². The minimum atomic E-state index is -1.30. The molecule has 6 heteroatoms. The minimum Gasteiger partial charge on any atom is -0.460 e. The summed E-state index contributed by atoms with van der Waals surface area (Å²) in [7, 11) is -1.30. The summed E-state index contributed by atoms with van der Waals surface area (Å²) in [5.41, 5.74) is -0.557. The highest BCUT2D eigenvalue weighted by Gasteiger charge is 2.31. The highest BCUT2D eigenvalue weighted by atomic mass is 32.2. The monoisotopic (exact) mass is 307 g/mol. The van der Waals surface area contributed by atoms with Gasteiger partial charge in [0.1, 0.15) is 5.60 Å². The zero-order chi connectivity index (χ0) is 16.1. The average Bonchev–Trinajstić information content (AvgIpc) is 2.23. The van der Waals surface area contributed by atoms with Gasteiger partial charge in [-0.2, -0.15) is 0 Å². The molecule has 0 heterocycles. The molecule has 0 unspecified atom stereocenters. The van der Waals surface area contributed by atoms with Gasteiger partial charge in [-0.05, 0) is 48.0 Å². The minimum absolute atomic E-state index is 0.0772. The number of nitrogens with one attached hydrogen (secondary N) is 1. The Hall–Kier alpha value is -0.460. The number of rotatable bonds is 6. The Bertz CT molecular complexity index is 344. The Kier molecular flexibility index (Phi) is 7.35. The lowest BCUT2D eigenvalue weighted by molar-refractivity contribution is -0.160. The Labute approximate surface area is 125 Å². The van der Waals surface area contributed by atoms with Crippen molar-refractivity contribution in [2.75, 3.05) is 6.61 Å². The van der Waals surface area contributed by atoms with Crippen molar-refractivity contribution < 1.29 is 18.8 Å². The third-order valence-electron chi connectivity index (χ3n) is 2.64. The van der Waals surface area contributed by atoms with E-state index in [0.717, 1.165) is 0 Å². The second-order valence-electron chi connectivity index (χ2n) is 6.94. The van der Waals surface area contributed by atoms with E-state index in [4.69, 9.17) is 9.84 Å². The zero-order valence-electron chi connectivity index (χ0n) is 13.6. The van der Waals surface area contributed by atoms with Crippen LogP contribution in [0.4, 0.5) is 0 Å². The van der Waals surface area contributed by atoms with Gasteiger partial charge in [0.25, 0.3) is 0 Å². The quantitative estimate of drug-likeness (QED) is 0.733. The Morgan fingerprint density at radius 1 is 1.25 bits per heavy atom. The number of hydrogen-bond acceptors (Lipinski definition) is 4. The molecule has 0 fully saturated rings. The number of carbonyl (C=O) groups is 1. The summed E-state index contributed by atoms with van der Waals surface area (Å²) in [6.07, 6.45) is 0.349. The van der Waals surface area contributed by atoms with Crippen molar-refractivity contribution in [1.82, 2.24) is 4.72 Å². The molecule has 2 N–H and O–H groups in total. The van der Waals surface area contributed by atoms with Crippen LogP contribution in [-0.4, -0.2) is 38.3 Å². The Morgan fingerprint density at radius 2 is 1.75 bits per heavy atom. The number of aliphatic hydroxyl groups is 1. The van der Waals surface area contributed by atoms with E-state index in [1.807, 2.05) is 20.8 Å². The number of carbonyl (C=O) groups excluding carboxylic acids is 1. The summed E-state index contributed by atoms with van der Waals surface area (Å²) in [6.45, 7) is 12.6. The Morgan fingerprint density at radius 3 is 2.10 bits per heavy atom. The lowest BCUT2D eigenvalue weighted by Gasteiger charge is -2.29. The molecule has 0 aromatic rings. The normalized spacial score (nSPS) is 17.4. The molecule has 0 aromatic heterocycles. The molecule has 0 saturated carbocycles. The second-order valence-corrected chi connectivity index (χ2v) is 8.94. The molecule has 5 nitrogen and oxygen atoms in total. The van der Waals surface area contributed by atoms with Crippen LogP contribution in [0.25, 0.3) is 0 Å². The average molecular weight is 307 g/mol. The number of aliphatic hydroxyl groups excluding tert-OH is 1. The van der Waals surface area contributed by atoms with E-state index in [1.54, 1.807) is 27.7 Å². The summed E-state index contributed by atoms with van der Waals surface area (Å²) in [4.78, 5) is 12.1. The molecule has 0 spiro atoms. The zero-order valence-corrected chi connectivity index (χ0v) is 14.5. The van der Waals surface area contributed by atoms with Crippen LogP contribution in [-0.2, 0) is 20.5 Å². The largest absolute Gasteiger partial charge is 0.460 e. The van der Waals surface area contributed by atoms with Gasteiger partial charge in [-0.1, -0.05) is 6.92 Å². The molecule has 3 atom stereocenters. The predicted molar refractivity (Wildman–Crippen MR) is 81.5 cm³/mol. The SMILES string of the molecule is C[C@H](C(=O)OC(C)(C)C)[C@@H](CCO)N[S@@](=O)C(C)(C)C. The predicted octanol–water partition coefficient (Wildman–Crippen LogP) is 1.77. The smallest absolute Gasteiger partial charge is 0.310 e. The maximum Gasteiger partial charge on any atom is 0.310 e. The first-order valence-corrected chi connectivity index (χ1v) is 8.05. The molecule has 0 aliphatic rings. The van der Waals surface area contributed by atoms with Crippen LogP contribution >= 0.6 is 0 Å². The lowest BCUT2D eigenvalue weighted by Crippen LogP contribution is -2.46. The second kappa shape index (κ2) is 7.52. The van der Waals surface area contributed by atoms with Crippen LogP contribution in [0.15, 0.2) is 0 Å². The first-order chi connectivity index (χ1) is 8.88. The fourth-order valence-corrected chi connectivity index (χ4v) is 2.37. The van der Waals surface area contributed by atoms with Gasteiger partial charge in [-0.15, -0.1) is 0 Å². The third kappa shape index (κ3) is 7.36. The van der Waals surface area contributed by atoms with E-state index in [2.05, 4.69) is 4.72 Å². The van der Waals surface area contributed by atoms with Crippen LogP contribution in [0.2, 0.25) is 0 Å². The van der Waals surface area contributed by atoms with Crippen molar-refractivity contribution in [2.45, 2.75) is 71.3 Å². The molecule has 0 amide bonds. The van der Waals surface area contributed by atoms with E-state index in [9.17, 15) is 9.00 Å². The van der Waals surface area contributed by atoms with Gasteiger partial charge in [0.2, 0.25) is 0 Å². The molecule has 0 bridgehead atoms. The topological polar surface area (TPSA) is 75.6 Å². The highest BCUT2D eigenvalue weighted by molar-refractivity contribution is 7.84. The third-order valence-corrected chi connectivity index (χ3v) is 4.27. The molecular formula is C14H29NO4S. The van der Waals surface area contributed by atoms with Gasteiger partial charge < -0.3 is 9.84 Å². The van der Waals surface area contributed by atoms with Crippen molar-refractivity contribution in [1.29, 1.82) is 0 Å². The number of esters is 1. The van der Waals surface area contributed by atoms with Crippen LogP contribution in [0.1, 0.15) is 54.9 Å². The molecule has 120 valence electrons. The molecular weight excluding hydrogens is 278 g/mol. The maximum atomic E-state index is 12.1. The molecule has 0 aromatic carbocycles. The van der Waals surface area contributed by atoms with E-state index in [1.165, 1.54) is 0 Å². The van der Waals surface area contributed by atoms with Crippen LogP contribution < -0.4 is 4.72 Å². The fourth-order valence-electron chi connectivity index (χ4n) is 1.42. The summed E-state index contributed by atoms with van der Waals surface area (Å²) < 4.78 is 20.0. The summed E-state index contributed by atoms with van der Waals surface area (Å²) in [6, 6.07) is -0.380. The number of ether oxygens (including phenoxy) is 1. The molecule has 20 heavy (non-hydrogen) atoms. The number of hydrogen-bond donors (Lipinski definition) is 2. The van der Waals surface area contributed by atoms with Crippen molar-refractivity contribution in [3.63, 3.8) is 0 Å². The van der Waals surface area contributed by atoms with Crippen LogP contribution in [0, 0.1) is 5.92 Å². The van der Waals surface area contributed by atoms with E-state index in [-0.39, 0.29) is 18.6 Å². The molecule has 0 aliphatic carbocycles. The van der Waals surface area contributed by atoms with Crippen molar-refractivity contribution >= 4 is 17.0 Å². The van der Waals surface area contributed by atoms with E-state index < -0.39 is 27.3 Å². The van der Waals surface area contributed by atoms with Crippen molar-refractivity contribution in [3.8, 4) is 0 Å². The fraction of sp³-hybridized carbons (Fsp3) is 0.929. The molecule has 0 rings (SSSR count). The summed E-state index contributed by atoms with van der Waals surface area (Å²) in [5, 5.41) is 9.12. The highest BCUT2D eigenvalue weighted by Crippen LogP contribution is 2.18. The van der Waals surface area contributed by atoms with Gasteiger partial charge in [0, 0.05) is 12.6 Å².